The van der Waals surface area contributed by atoms with Crippen LogP contribution in [0.5, 0.6) is 0 Å². The van der Waals surface area contributed by atoms with Gasteiger partial charge in [-0.15, -0.1) is 0 Å². The number of nitrogens with one attached hydrogen (secondary N) is 1. The van der Waals surface area contributed by atoms with Gasteiger partial charge in [0.2, 0.25) is 0 Å². The normalized spacial score (nSPS) is 23.8. The molecule has 21 heavy (non-hydrogen) atoms. The summed E-state index contributed by atoms with van der Waals surface area (Å²) in [6.45, 7) is 5.99. The Morgan fingerprint density at radius 1 is 1.14 bits per heavy atom. The van der Waals surface area contributed by atoms with Gasteiger partial charge in [-0.25, -0.2) is 4.79 Å². The van der Waals surface area contributed by atoms with Crippen LogP contribution in [0.2, 0.25) is 0 Å². The lowest BCUT2D eigenvalue weighted by Crippen LogP contribution is -2.50. The highest BCUT2D eigenvalue weighted by Crippen LogP contribution is 2.37. The number of amides is 2. The van der Waals surface area contributed by atoms with Crippen LogP contribution in [0.1, 0.15) is 58.8 Å². The van der Waals surface area contributed by atoms with Crippen LogP contribution in [0, 0.1) is 10.8 Å². The molecule has 0 radical (unpaired) electrons. The van der Waals surface area contributed by atoms with Gasteiger partial charge in [0.05, 0.1) is 5.41 Å². The number of piperidine rings is 1. The van der Waals surface area contributed by atoms with Crippen molar-refractivity contribution in [2.24, 2.45) is 10.8 Å². The fourth-order valence-electron chi connectivity index (χ4n) is 3.66. The molecule has 0 spiro atoms. The molecule has 0 atom stereocenters. The number of likely N-dealkylation sites (tertiary alicyclic amines) is 1. The standard InChI is InChI=1S/C16H28N2O3/c1-3-16(13(19)20)8-10-18(11-9-16)14(21)17-12-15(2)6-4-5-7-15/h3-12H2,1-2H3,(H,17,21)(H,19,20). The highest BCUT2D eigenvalue weighted by Gasteiger charge is 2.41. The first-order chi connectivity index (χ1) is 9.91. The third-order valence-electron chi connectivity index (χ3n) is 5.62. The lowest BCUT2D eigenvalue weighted by Gasteiger charge is -2.38. The van der Waals surface area contributed by atoms with Gasteiger partial charge < -0.3 is 15.3 Å². The maximum Gasteiger partial charge on any atom is 0.317 e. The molecule has 0 bridgehead atoms. The van der Waals surface area contributed by atoms with Crippen LogP contribution in [0.25, 0.3) is 0 Å². The smallest absolute Gasteiger partial charge is 0.317 e. The summed E-state index contributed by atoms with van der Waals surface area (Å²) in [7, 11) is 0. The Kier molecular flexibility index (Phi) is 4.79. The molecular weight excluding hydrogens is 268 g/mol. The van der Waals surface area contributed by atoms with E-state index in [-0.39, 0.29) is 11.4 Å². The second-order valence-corrected chi connectivity index (χ2v) is 7.10. The first-order valence-electron chi connectivity index (χ1n) is 8.17. The van der Waals surface area contributed by atoms with Crippen molar-refractivity contribution in [3.05, 3.63) is 0 Å². The molecule has 2 rings (SSSR count). The van der Waals surface area contributed by atoms with Gasteiger partial charge in [0.1, 0.15) is 0 Å². The number of carbonyl (C=O) groups excluding carboxylic acids is 1. The molecule has 2 aliphatic rings. The van der Waals surface area contributed by atoms with E-state index in [9.17, 15) is 14.7 Å². The Hall–Kier alpha value is -1.26. The Morgan fingerprint density at radius 3 is 2.19 bits per heavy atom. The monoisotopic (exact) mass is 296 g/mol. The predicted molar refractivity (Wildman–Crippen MR) is 81.1 cm³/mol. The summed E-state index contributed by atoms with van der Waals surface area (Å²) in [6.07, 6.45) is 6.64. The largest absolute Gasteiger partial charge is 0.481 e. The van der Waals surface area contributed by atoms with Crippen molar-refractivity contribution in [2.45, 2.75) is 58.8 Å². The van der Waals surface area contributed by atoms with Crippen molar-refractivity contribution in [1.82, 2.24) is 10.2 Å². The second kappa shape index (κ2) is 6.24. The van der Waals surface area contributed by atoms with Crippen LogP contribution in [-0.2, 0) is 4.79 Å². The second-order valence-electron chi connectivity index (χ2n) is 7.10. The first kappa shape index (κ1) is 16.1. The highest BCUT2D eigenvalue weighted by atomic mass is 16.4. The zero-order valence-electron chi connectivity index (χ0n) is 13.3. The SMILES string of the molecule is CCC1(C(=O)O)CCN(C(=O)NCC2(C)CCCC2)CC1. The average Bonchev–Trinajstić information content (AvgIpc) is 2.92. The maximum absolute atomic E-state index is 12.2. The van der Waals surface area contributed by atoms with Crippen LogP contribution in [0.3, 0.4) is 0 Å². The van der Waals surface area contributed by atoms with E-state index in [4.69, 9.17) is 0 Å². The van der Waals surface area contributed by atoms with E-state index in [0.29, 0.717) is 32.4 Å². The van der Waals surface area contributed by atoms with Crippen molar-refractivity contribution in [2.75, 3.05) is 19.6 Å². The average molecular weight is 296 g/mol. The van der Waals surface area contributed by atoms with Gasteiger partial charge >= 0.3 is 12.0 Å². The number of carbonyl (C=O) groups is 2. The summed E-state index contributed by atoms with van der Waals surface area (Å²) in [4.78, 5) is 25.4. The van der Waals surface area contributed by atoms with E-state index in [1.165, 1.54) is 25.7 Å². The Bertz CT molecular complexity index is 394. The third kappa shape index (κ3) is 3.50. The number of carboxylic acid groups (broad SMARTS) is 1. The van der Waals surface area contributed by atoms with Crippen LogP contribution in [-0.4, -0.2) is 41.6 Å². The molecule has 2 N–H and O–H groups in total. The third-order valence-corrected chi connectivity index (χ3v) is 5.62. The fourth-order valence-corrected chi connectivity index (χ4v) is 3.66. The molecule has 1 heterocycles. The lowest BCUT2D eigenvalue weighted by atomic mass is 9.76. The van der Waals surface area contributed by atoms with Crippen molar-refractivity contribution in [3.63, 3.8) is 0 Å². The van der Waals surface area contributed by atoms with Crippen LogP contribution in [0.4, 0.5) is 4.79 Å². The van der Waals surface area contributed by atoms with Crippen LogP contribution in [0.15, 0.2) is 0 Å². The van der Waals surface area contributed by atoms with E-state index in [2.05, 4.69) is 12.2 Å². The van der Waals surface area contributed by atoms with Gasteiger partial charge in [-0.05, 0) is 37.5 Å². The number of aliphatic carboxylic acids is 1. The molecule has 1 aliphatic heterocycles. The summed E-state index contributed by atoms with van der Waals surface area (Å²) in [6, 6.07) is -0.0294. The van der Waals surface area contributed by atoms with E-state index in [1.54, 1.807) is 4.90 Å². The molecule has 5 nitrogen and oxygen atoms in total. The highest BCUT2D eigenvalue weighted by molar-refractivity contribution is 5.77. The predicted octanol–water partition coefficient (Wildman–Crippen LogP) is 2.85. The van der Waals surface area contributed by atoms with E-state index in [0.717, 1.165) is 6.54 Å². The van der Waals surface area contributed by atoms with E-state index in [1.807, 2.05) is 6.92 Å². The Labute approximate surface area is 127 Å². The molecule has 5 heteroatoms. The topological polar surface area (TPSA) is 69.6 Å². The Balaban J connectivity index is 1.81. The van der Waals surface area contributed by atoms with E-state index >= 15 is 0 Å². The van der Waals surface area contributed by atoms with Gasteiger partial charge in [0.25, 0.3) is 0 Å². The molecule has 0 aromatic carbocycles. The zero-order chi connectivity index (χ0) is 15.5. The zero-order valence-corrected chi connectivity index (χ0v) is 13.3. The number of rotatable bonds is 4. The van der Waals surface area contributed by atoms with Gasteiger partial charge in [0, 0.05) is 19.6 Å². The van der Waals surface area contributed by atoms with Crippen molar-refractivity contribution in [3.8, 4) is 0 Å². The molecule has 0 unspecified atom stereocenters. The minimum absolute atomic E-state index is 0.0294. The van der Waals surface area contributed by atoms with E-state index < -0.39 is 11.4 Å². The van der Waals surface area contributed by atoms with Gasteiger partial charge in [-0.1, -0.05) is 26.7 Å². The van der Waals surface area contributed by atoms with Crippen LogP contribution >= 0.6 is 0 Å². The number of carboxylic acids is 1. The molecule has 0 aromatic rings. The number of hydrogen-bond donors (Lipinski definition) is 2. The first-order valence-corrected chi connectivity index (χ1v) is 8.17. The van der Waals surface area contributed by atoms with Crippen molar-refractivity contribution < 1.29 is 14.7 Å². The molecule has 2 fully saturated rings. The Morgan fingerprint density at radius 2 is 1.71 bits per heavy atom. The minimum atomic E-state index is -0.719. The van der Waals surface area contributed by atoms with Gasteiger partial charge in [-0.3, -0.25) is 4.79 Å². The summed E-state index contributed by atoms with van der Waals surface area (Å²) >= 11 is 0. The summed E-state index contributed by atoms with van der Waals surface area (Å²) in [5.74, 6) is -0.719. The molecule has 120 valence electrons. The molecule has 1 saturated heterocycles. The fraction of sp³-hybridized carbons (Fsp3) is 0.875. The number of urea groups is 1. The number of hydrogen-bond acceptors (Lipinski definition) is 2. The summed E-state index contributed by atoms with van der Waals surface area (Å²) in [5.41, 5.74) is -0.381. The molecule has 1 saturated carbocycles. The van der Waals surface area contributed by atoms with Crippen LogP contribution < -0.4 is 5.32 Å². The lowest BCUT2D eigenvalue weighted by molar-refractivity contribution is -0.151. The van der Waals surface area contributed by atoms with Crippen molar-refractivity contribution in [1.29, 1.82) is 0 Å². The molecule has 2 amide bonds. The number of nitrogens with zero attached hydrogens (tertiary/aromatic N) is 1. The summed E-state index contributed by atoms with van der Waals surface area (Å²) < 4.78 is 0. The maximum atomic E-state index is 12.2. The van der Waals surface area contributed by atoms with Crippen molar-refractivity contribution >= 4 is 12.0 Å². The summed E-state index contributed by atoms with van der Waals surface area (Å²) in [5, 5.41) is 12.4. The minimum Gasteiger partial charge on any atom is -0.481 e. The van der Waals surface area contributed by atoms with Gasteiger partial charge in [0.15, 0.2) is 0 Å². The quantitative estimate of drug-likeness (QED) is 0.838. The molecule has 0 aromatic heterocycles. The molecule has 1 aliphatic carbocycles. The molecular formula is C16H28N2O3. The van der Waals surface area contributed by atoms with Gasteiger partial charge in [-0.2, -0.15) is 0 Å².